The molecule has 17 heavy (non-hydrogen) atoms. The van der Waals surface area contributed by atoms with Crippen molar-refractivity contribution >= 4 is 22.6 Å². The number of Topliss-reactive ketones (excluding diaryl/α,β-unsaturated/α-hetero) is 1. The minimum Gasteiger partial charge on any atom is -0.291 e. The third-order valence-electron chi connectivity index (χ3n) is 3.82. The van der Waals surface area contributed by atoms with Gasteiger partial charge in [-0.15, -0.1) is 11.8 Å². The minimum absolute atomic E-state index is 0.239. The summed E-state index contributed by atoms with van der Waals surface area (Å²) in [5.74, 6) is 0.239. The largest absolute Gasteiger partial charge is 0.291 e. The highest BCUT2D eigenvalue weighted by Gasteiger charge is 2.44. The lowest BCUT2D eigenvalue weighted by atomic mass is 9.76. The topological polar surface area (TPSA) is 29.4 Å². The fourth-order valence-corrected chi connectivity index (χ4v) is 3.39. The normalized spacial score (nSPS) is 27.1. The SMILES string of the molecule is CSC1=NC2(CC1)CCc1ccccc1C2=O. The number of thioether (sulfide) groups is 1. The molecule has 3 rings (SSSR count). The first-order valence-corrected chi connectivity index (χ1v) is 7.23. The van der Waals surface area contributed by atoms with Crippen LogP contribution in [-0.2, 0) is 6.42 Å². The van der Waals surface area contributed by atoms with E-state index < -0.39 is 5.54 Å². The molecule has 3 heteroatoms. The van der Waals surface area contributed by atoms with Gasteiger partial charge < -0.3 is 0 Å². The zero-order valence-corrected chi connectivity index (χ0v) is 10.7. The molecule has 0 saturated heterocycles. The van der Waals surface area contributed by atoms with Crippen LogP contribution in [0.25, 0.3) is 0 Å². The Balaban J connectivity index is 2.03. The van der Waals surface area contributed by atoms with E-state index in [4.69, 9.17) is 4.99 Å². The molecule has 0 amide bonds. The summed E-state index contributed by atoms with van der Waals surface area (Å²) in [6.07, 6.45) is 5.77. The smallest absolute Gasteiger partial charge is 0.190 e. The van der Waals surface area contributed by atoms with Gasteiger partial charge in [0, 0.05) is 5.56 Å². The van der Waals surface area contributed by atoms with Crippen LogP contribution in [0.4, 0.5) is 0 Å². The predicted molar refractivity (Wildman–Crippen MR) is 72.0 cm³/mol. The summed E-state index contributed by atoms with van der Waals surface area (Å²) in [4.78, 5) is 17.3. The van der Waals surface area contributed by atoms with Gasteiger partial charge in [-0.2, -0.15) is 0 Å². The number of aliphatic imine (C=N–C) groups is 1. The summed E-state index contributed by atoms with van der Waals surface area (Å²) in [5.41, 5.74) is 1.66. The van der Waals surface area contributed by atoms with E-state index in [1.807, 2.05) is 24.5 Å². The molecule has 1 heterocycles. The highest BCUT2D eigenvalue weighted by atomic mass is 32.2. The van der Waals surface area contributed by atoms with Gasteiger partial charge >= 0.3 is 0 Å². The molecule has 1 aromatic rings. The first-order valence-electron chi connectivity index (χ1n) is 6.01. The fourth-order valence-electron chi connectivity index (χ4n) is 2.82. The van der Waals surface area contributed by atoms with Crippen LogP contribution in [-0.4, -0.2) is 22.6 Å². The zero-order valence-electron chi connectivity index (χ0n) is 9.90. The number of hydrogen-bond donors (Lipinski definition) is 0. The molecule has 1 unspecified atom stereocenters. The van der Waals surface area contributed by atoms with E-state index >= 15 is 0 Å². The van der Waals surface area contributed by atoms with E-state index in [0.29, 0.717) is 0 Å². The van der Waals surface area contributed by atoms with Crippen LogP contribution >= 0.6 is 11.8 Å². The van der Waals surface area contributed by atoms with Crippen molar-refractivity contribution in [3.63, 3.8) is 0 Å². The molecule has 1 atom stereocenters. The molecule has 1 aliphatic heterocycles. The van der Waals surface area contributed by atoms with E-state index in [2.05, 4.69) is 6.07 Å². The lowest BCUT2D eigenvalue weighted by Crippen LogP contribution is -2.39. The van der Waals surface area contributed by atoms with Gasteiger partial charge in [0.25, 0.3) is 0 Å². The van der Waals surface area contributed by atoms with Crippen LogP contribution < -0.4 is 0 Å². The standard InChI is InChI=1S/C14H15NOS/c1-17-12-7-9-14(15-12)8-6-10-4-2-3-5-11(10)13(14)16/h2-5H,6-9H2,1H3. The zero-order chi connectivity index (χ0) is 11.9. The number of benzene rings is 1. The molecule has 1 aromatic carbocycles. The van der Waals surface area contributed by atoms with Gasteiger partial charge in [0.15, 0.2) is 5.78 Å². The Morgan fingerprint density at radius 1 is 1.24 bits per heavy atom. The Bertz CT molecular complexity index is 509. The third kappa shape index (κ3) is 1.64. The summed E-state index contributed by atoms with van der Waals surface area (Å²) in [6, 6.07) is 7.97. The average Bonchev–Trinajstić information content (AvgIpc) is 2.79. The summed E-state index contributed by atoms with van der Waals surface area (Å²) in [5, 5.41) is 1.14. The first-order chi connectivity index (χ1) is 8.25. The van der Waals surface area contributed by atoms with Crippen molar-refractivity contribution < 1.29 is 4.79 Å². The number of rotatable bonds is 0. The van der Waals surface area contributed by atoms with Crippen molar-refractivity contribution in [2.24, 2.45) is 4.99 Å². The van der Waals surface area contributed by atoms with Crippen LogP contribution in [0.15, 0.2) is 29.3 Å². The molecule has 0 N–H and O–H groups in total. The van der Waals surface area contributed by atoms with Crippen LogP contribution in [0.2, 0.25) is 0 Å². The molecule has 1 spiro atoms. The first kappa shape index (κ1) is 11.0. The van der Waals surface area contributed by atoms with Gasteiger partial charge in [-0.05, 0) is 37.5 Å². The predicted octanol–water partition coefficient (Wildman–Crippen LogP) is 3.11. The molecule has 2 nitrogen and oxygen atoms in total. The van der Waals surface area contributed by atoms with Gasteiger partial charge in [0.05, 0.1) is 5.04 Å². The summed E-state index contributed by atoms with van der Waals surface area (Å²) < 4.78 is 0. The minimum atomic E-state index is -0.424. The Hall–Kier alpha value is -1.09. The molecule has 2 aliphatic rings. The Morgan fingerprint density at radius 3 is 2.76 bits per heavy atom. The maximum absolute atomic E-state index is 12.6. The van der Waals surface area contributed by atoms with Gasteiger partial charge in [-0.25, -0.2) is 0 Å². The quantitative estimate of drug-likeness (QED) is 0.703. The number of nitrogens with zero attached hydrogens (tertiary/aromatic N) is 1. The molecular formula is C14H15NOS. The van der Waals surface area contributed by atoms with Crippen molar-refractivity contribution in [3.8, 4) is 0 Å². The van der Waals surface area contributed by atoms with Crippen LogP contribution in [0.1, 0.15) is 35.2 Å². The summed E-state index contributed by atoms with van der Waals surface area (Å²) in [6.45, 7) is 0. The third-order valence-corrected chi connectivity index (χ3v) is 4.59. The van der Waals surface area contributed by atoms with Crippen molar-refractivity contribution in [2.45, 2.75) is 31.2 Å². The monoisotopic (exact) mass is 245 g/mol. The molecular weight excluding hydrogens is 230 g/mol. The van der Waals surface area contributed by atoms with Crippen molar-refractivity contribution in [1.29, 1.82) is 0 Å². The second-order valence-electron chi connectivity index (χ2n) is 4.73. The van der Waals surface area contributed by atoms with Crippen LogP contribution in [0, 0.1) is 0 Å². The van der Waals surface area contributed by atoms with Crippen LogP contribution in [0.3, 0.4) is 0 Å². The van der Waals surface area contributed by atoms with Crippen molar-refractivity contribution in [2.75, 3.05) is 6.26 Å². The highest BCUT2D eigenvalue weighted by molar-refractivity contribution is 8.13. The van der Waals surface area contributed by atoms with Gasteiger partial charge in [0.1, 0.15) is 5.54 Å². The number of carbonyl (C=O) groups is 1. The molecule has 88 valence electrons. The van der Waals surface area contributed by atoms with Crippen LogP contribution in [0.5, 0.6) is 0 Å². The Morgan fingerprint density at radius 2 is 2.00 bits per heavy atom. The van der Waals surface area contributed by atoms with E-state index in [-0.39, 0.29) is 5.78 Å². The molecule has 0 radical (unpaired) electrons. The number of carbonyl (C=O) groups excluding carboxylic acids is 1. The second-order valence-corrected chi connectivity index (χ2v) is 5.61. The van der Waals surface area contributed by atoms with Crippen molar-refractivity contribution in [3.05, 3.63) is 35.4 Å². The van der Waals surface area contributed by atoms with Gasteiger partial charge in [-0.3, -0.25) is 9.79 Å². The molecule has 0 fully saturated rings. The number of hydrogen-bond acceptors (Lipinski definition) is 3. The highest BCUT2D eigenvalue weighted by Crippen LogP contribution is 2.40. The van der Waals surface area contributed by atoms with E-state index in [0.717, 1.165) is 36.3 Å². The summed E-state index contributed by atoms with van der Waals surface area (Å²) >= 11 is 1.68. The second kappa shape index (κ2) is 3.98. The van der Waals surface area contributed by atoms with Gasteiger partial charge in [0.2, 0.25) is 0 Å². The molecule has 0 saturated carbocycles. The Kier molecular flexibility index (Phi) is 2.58. The lowest BCUT2D eigenvalue weighted by Gasteiger charge is -2.30. The lowest BCUT2D eigenvalue weighted by molar-refractivity contribution is 0.0869. The maximum Gasteiger partial charge on any atom is 0.190 e. The van der Waals surface area contributed by atoms with Crippen molar-refractivity contribution in [1.82, 2.24) is 0 Å². The molecule has 1 aliphatic carbocycles. The van der Waals surface area contributed by atoms with Gasteiger partial charge in [-0.1, -0.05) is 24.3 Å². The van der Waals surface area contributed by atoms with E-state index in [1.54, 1.807) is 11.8 Å². The van der Waals surface area contributed by atoms with E-state index in [1.165, 1.54) is 5.56 Å². The molecule has 0 aromatic heterocycles. The average molecular weight is 245 g/mol. The molecule has 0 bridgehead atoms. The maximum atomic E-state index is 12.6. The van der Waals surface area contributed by atoms with E-state index in [9.17, 15) is 4.79 Å². The summed E-state index contributed by atoms with van der Waals surface area (Å²) in [7, 11) is 0. The number of ketones is 1. The fraction of sp³-hybridized carbons (Fsp3) is 0.429. The number of fused-ring (bicyclic) bond motifs is 1. The Labute approximate surface area is 106 Å². The number of aryl methyl sites for hydroxylation is 1.